The molecule has 2 amide bonds. The molecular formula is C28H39N5O3. The number of urea groups is 1. The van der Waals surface area contributed by atoms with Crippen LogP contribution in [-0.2, 0) is 11.3 Å². The van der Waals surface area contributed by atoms with Gasteiger partial charge in [0.05, 0.1) is 30.1 Å². The minimum atomic E-state index is -0.432. The summed E-state index contributed by atoms with van der Waals surface area (Å²) in [6.45, 7) is 7.83. The first-order valence-electron chi connectivity index (χ1n) is 12.7. The van der Waals surface area contributed by atoms with E-state index in [2.05, 4.69) is 5.32 Å². The van der Waals surface area contributed by atoms with Crippen LogP contribution in [0.5, 0.6) is 0 Å². The summed E-state index contributed by atoms with van der Waals surface area (Å²) >= 11 is 0. The molecule has 2 aromatic carbocycles. The molecule has 0 aliphatic carbocycles. The number of carbonyl (C=O) groups excluding carboxylic acids is 1. The summed E-state index contributed by atoms with van der Waals surface area (Å²) in [4.78, 5) is 33.7. The first-order chi connectivity index (χ1) is 17.4. The predicted molar refractivity (Wildman–Crippen MR) is 145 cm³/mol. The number of aromatic nitrogens is 2. The summed E-state index contributed by atoms with van der Waals surface area (Å²) in [5.74, 6) is 0.550. The molecule has 8 nitrogen and oxygen atoms in total. The van der Waals surface area contributed by atoms with Gasteiger partial charge in [-0.3, -0.25) is 9.36 Å². The zero-order valence-corrected chi connectivity index (χ0v) is 21.9. The molecule has 3 N–H and O–H groups in total. The van der Waals surface area contributed by atoms with Gasteiger partial charge in [0.15, 0.2) is 0 Å². The lowest BCUT2D eigenvalue weighted by molar-refractivity contribution is 0.173. The number of fused-ring (bicyclic) bond motifs is 1. The number of unbranched alkanes of at least 4 members (excludes halogenated alkanes) is 3. The van der Waals surface area contributed by atoms with Gasteiger partial charge in [0.25, 0.3) is 5.56 Å². The number of methoxy groups -OCH3 is 1. The number of para-hydroxylation sites is 2. The number of anilines is 1. The lowest BCUT2D eigenvalue weighted by atomic mass is 10.1. The maximum atomic E-state index is 13.7. The van der Waals surface area contributed by atoms with Crippen LogP contribution in [0, 0.1) is 13.8 Å². The van der Waals surface area contributed by atoms with Crippen LogP contribution < -0.4 is 16.6 Å². The summed E-state index contributed by atoms with van der Waals surface area (Å²) in [5.41, 5.74) is 8.95. The Kier molecular flexibility index (Phi) is 10.0. The van der Waals surface area contributed by atoms with E-state index in [4.69, 9.17) is 15.5 Å². The molecule has 1 atom stereocenters. The predicted octanol–water partition coefficient (Wildman–Crippen LogP) is 4.77. The number of benzene rings is 2. The van der Waals surface area contributed by atoms with Crippen LogP contribution in [0.4, 0.5) is 10.5 Å². The van der Waals surface area contributed by atoms with Crippen molar-refractivity contribution >= 4 is 22.6 Å². The van der Waals surface area contributed by atoms with Crippen molar-refractivity contribution in [2.75, 3.05) is 32.1 Å². The third kappa shape index (κ3) is 6.50. The van der Waals surface area contributed by atoms with E-state index in [9.17, 15) is 9.59 Å². The molecule has 194 valence electrons. The van der Waals surface area contributed by atoms with Crippen LogP contribution in [0.2, 0.25) is 0 Å². The van der Waals surface area contributed by atoms with Crippen LogP contribution in [0.1, 0.15) is 55.6 Å². The lowest BCUT2D eigenvalue weighted by Crippen LogP contribution is -2.41. The van der Waals surface area contributed by atoms with Gasteiger partial charge in [-0.1, -0.05) is 43.2 Å². The molecule has 0 bridgehead atoms. The minimum absolute atomic E-state index is 0.127. The van der Waals surface area contributed by atoms with E-state index in [1.165, 1.54) is 0 Å². The number of hydrogen-bond donors (Lipinski definition) is 2. The molecule has 0 saturated carbocycles. The Labute approximate surface area is 213 Å². The summed E-state index contributed by atoms with van der Waals surface area (Å²) in [6.07, 6.45) is 3.79. The second-order valence-electron chi connectivity index (χ2n) is 9.21. The van der Waals surface area contributed by atoms with E-state index in [-0.39, 0.29) is 11.6 Å². The molecular weight excluding hydrogens is 454 g/mol. The zero-order chi connectivity index (χ0) is 26.1. The molecule has 0 spiro atoms. The highest BCUT2D eigenvalue weighted by atomic mass is 16.5. The van der Waals surface area contributed by atoms with Crippen LogP contribution >= 0.6 is 0 Å². The van der Waals surface area contributed by atoms with Crippen molar-refractivity contribution < 1.29 is 9.53 Å². The van der Waals surface area contributed by atoms with Gasteiger partial charge in [-0.15, -0.1) is 0 Å². The Morgan fingerprint density at radius 3 is 2.47 bits per heavy atom. The monoisotopic (exact) mass is 493 g/mol. The third-order valence-corrected chi connectivity index (χ3v) is 6.58. The molecule has 8 heteroatoms. The van der Waals surface area contributed by atoms with Gasteiger partial charge >= 0.3 is 6.03 Å². The maximum Gasteiger partial charge on any atom is 0.322 e. The highest BCUT2D eigenvalue weighted by molar-refractivity contribution is 5.91. The van der Waals surface area contributed by atoms with E-state index in [0.29, 0.717) is 43.0 Å². The molecule has 0 radical (unpaired) electrons. The van der Waals surface area contributed by atoms with Crippen molar-refractivity contribution in [2.24, 2.45) is 5.73 Å². The molecule has 3 aromatic rings. The maximum absolute atomic E-state index is 13.7. The number of nitrogens with one attached hydrogen (secondary N) is 1. The normalized spacial score (nSPS) is 12.0. The van der Waals surface area contributed by atoms with Gasteiger partial charge in [-0.05, 0) is 63.4 Å². The van der Waals surface area contributed by atoms with E-state index in [1.807, 2.05) is 57.2 Å². The Bertz CT molecular complexity index is 1200. The molecule has 0 saturated heterocycles. The van der Waals surface area contributed by atoms with Crippen LogP contribution in [0.25, 0.3) is 10.9 Å². The van der Waals surface area contributed by atoms with E-state index in [0.717, 1.165) is 42.5 Å². The molecule has 0 aliphatic rings. The van der Waals surface area contributed by atoms with Gasteiger partial charge in [0.2, 0.25) is 0 Å². The summed E-state index contributed by atoms with van der Waals surface area (Å²) < 4.78 is 6.92. The second kappa shape index (κ2) is 13.2. The smallest absolute Gasteiger partial charge is 0.322 e. The Balaban J connectivity index is 1.99. The number of ether oxygens (including phenoxy) is 1. The highest BCUT2D eigenvalue weighted by Gasteiger charge is 2.26. The number of aryl methyl sites for hydroxylation is 2. The van der Waals surface area contributed by atoms with E-state index >= 15 is 0 Å². The largest absolute Gasteiger partial charge is 0.383 e. The Morgan fingerprint density at radius 2 is 1.78 bits per heavy atom. The molecule has 3 rings (SSSR count). The van der Waals surface area contributed by atoms with Crippen LogP contribution in [0.15, 0.2) is 47.3 Å². The molecule has 1 aromatic heterocycles. The number of amides is 2. The molecule has 36 heavy (non-hydrogen) atoms. The standard InChI is InChI=1S/C28H39N5O3/c1-20-12-11-13-21(2)25(20)31-28(35)32(17-10-6-5-9-16-29)22(3)26-30-24-15-8-7-14-23(24)27(34)33(26)18-19-36-4/h7-8,11-15,22H,5-6,9-10,16-19,29H2,1-4H3,(H,31,35). The Hall–Kier alpha value is -3.23. The highest BCUT2D eigenvalue weighted by Crippen LogP contribution is 2.25. The fourth-order valence-corrected chi connectivity index (χ4v) is 4.48. The molecule has 1 heterocycles. The van der Waals surface area contributed by atoms with Gasteiger partial charge in [-0.2, -0.15) is 0 Å². The van der Waals surface area contributed by atoms with Gasteiger partial charge in [0.1, 0.15) is 5.82 Å². The van der Waals surface area contributed by atoms with Crippen molar-refractivity contribution in [3.05, 3.63) is 69.8 Å². The van der Waals surface area contributed by atoms with Crippen molar-refractivity contribution in [1.29, 1.82) is 0 Å². The van der Waals surface area contributed by atoms with Crippen molar-refractivity contribution in [1.82, 2.24) is 14.5 Å². The fourth-order valence-electron chi connectivity index (χ4n) is 4.48. The number of nitrogens with zero attached hydrogens (tertiary/aromatic N) is 3. The molecule has 0 aliphatic heterocycles. The van der Waals surface area contributed by atoms with Gasteiger partial charge < -0.3 is 20.7 Å². The number of hydrogen-bond acceptors (Lipinski definition) is 5. The quantitative estimate of drug-likeness (QED) is 0.354. The molecule has 1 unspecified atom stereocenters. The van der Waals surface area contributed by atoms with Crippen LogP contribution in [0.3, 0.4) is 0 Å². The van der Waals surface area contributed by atoms with Crippen molar-refractivity contribution in [2.45, 2.75) is 59.0 Å². The summed E-state index contributed by atoms with van der Waals surface area (Å²) in [6, 6.07) is 12.6. The first kappa shape index (κ1) is 27.4. The number of nitrogens with two attached hydrogens (primary N) is 1. The SMILES string of the molecule is COCCn1c(C(C)N(CCCCCCN)C(=O)Nc2c(C)cccc2C)nc2ccccc2c1=O. The fraction of sp³-hybridized carbons (Fsp3) is 0.464. The first-order valence-corrected chi connectivity index (χ1v) is 12.7. The number of rotatable bonds is 12. The van der Waals surface area contributed by atoms with E-state index in [1.54, 1.807) is 22.6 Å². The molecule has 0 fully saturated rings. The Morgan fingerprint density at radius 1 is 1.08 bits per heavy atom. The lowest BCUT2D eigenvalue weighted by Gasteiger charge is -2.31. The summed E-state index contributed by atoms with van der Waals surface area (Å²) in [5, 5.41) is 3.68. The minimum Gasteiger partial charge on any atom is -0.383 e. The summed E-state index contributed by atoms with van der Waals surface area (Å²) in [7, 11) is 1.61. The third-order valence-electron chi connectivity index (χ3n) is 6.58. The zero-order valence-electron chi connectivity index (χ0n) is 21.9. The van der Waals surface area contributed by atoms with Gasteiger partial charge in [-0.25, -0.2) is 9.78 Å². The van der Waals surface area contributed by atoms with Crippen molar-refractivity contribution in [3.63, 3.8) is 0 Å². The van der Waals surface area contributed by atoms with E-state index < -0.39 is 6.04 Å². The average Bonchev–Trinajstić information content (AvgIpc) is 2.87. The van der Waals surface area contributed by atoms with Crippen LogP contribution in [-0.4, -0.2) is 47.3 Å². The van der Waals surface area contributed by atoms with Gasteiger partial charge in [0, 0.05) is 19.3 Å². The topological polar surface area (TPSA) is 102 Å². The second-order valence-corrected chi connectivity index (χ2v) is 9.21. The van der Waals surface area contributed by atoms with Crippen molar-refractivity contribution in [3.8, 4) is 0 Å². The average molecular weight is 494 g/mol. The number of carbonyl (C=O) groups is 1.